The SMILES string of the molecule is COc1ccc2c(c1)c(-c1c3ccccc3[n+](Cc3ccc(C(=O)O)cc3)c3ccc(OC)cc13)c1ccccc1[n+]2Cc1ccc(C(=O)O)cc1. The molecule has 2 N–H and O–H groups in total. The summed E-state index contributed by atoms with van der Waals surface area (Å²) in [6.07, 6.45) is 0. The summed E-state index contributed by atoms with van der Waals surface area (Å²) >= 11 is 0. The van der Waals surface area contributed by atoms with Crippen molar-refractivity contribution < 1.29 is 38.4 Å². The van der Waals surface area contributed by atoms with E-state index in [2.05, 4.69) is 69.8 Å². The van der Waals surface area contributed by atoms with Crippen molar-refractivity contribution in [1.82, 2.24) is 0 Å². The fourth-order valence-corrected chi connectivity index (χ4v) is 7.30. The zero-order valence-electron chi connectivity index (χ0n) is 28.5. The lowest BCUT2D eigenvalue weighted by atomic mass is 9.89. The molecule has 0 radical (unpaired) electrons. The van der Waals surface area contributed by atoms with Gasteiger partial charge in [-0.15, -0.1) is 0 Å². The second-order valence-electron chi connectivity index (χ2n) is 12.7. The zero-order valence-corrected chi connectivity index (χ0v) is 28.5. The van der Waals surface area contributed by atoms with E-state index < -0.39 is 11.9 Å². The van der Waals surface area contributed by atoms with Crippen molar-refractivity contribution >= 4 is 55.6 Å². The molecule has 0 aliphatic heterocycles. The monoisotopic (exact) mass is 686 g/mol. The molecule has 0 bridgehead atoms. The first-order valence-electron chi connectivity index (χ1n) is 16.8. The Labute approximate surface area is 299 Å². The molecule has 0 aliphatic rings. The molecule has 2 aromatic heterocycles. The van der Waals surface area contributed by atoms with E-state index in [0.29, 0.717) is 13.1 Å². The van der Waals surface area contributed by atoms with E-state index in [4.69, 9.17) is 9.47 Å². The van der Waals surface area contributed by atoms with E-state index in [1.54, 1.807) is 38.5 Å². The highest BCUT2D eigenvalue weighted by atomic mass is 16.5. The van der Waals surface area contributed by atoms with Crippen LogP contribution in [0.2, 0.25) is 0 Å². The number of ether oxygens (including phenoxy) is 2. The number of methoxy groups -OCH3 is 2. The van der Waals surface area contributed by atoms with Gasteiger partial charge in [0.05, 0.1) is 46.9 Å². The van der Waals surface area contributed by atoms with Gasteiger partial charge in [-0.1, -0.05) is 48.5 Å². The largest absolute Gasteiger partial charge is 0.497 e. The van der Waals surface area contributed by atoms with Crippen molar-refractivity contribution in [3.05, 3.63) is 156 Å². The van der Waals surface area contributed by atoms with Gasteiger partial charge in [-0.25, -0.2) is 9.59 Å². The summed E-state index contributed by atoms with van der Waals surface area (Å²) in [4.78, 5) is 23.2. The van der Waals surface area contributed by atoms with E-state index in [9.17, 15) is 19.8 Å². The number of carbonyl (C=O) groups is 2. The standard InChI is InChI=1S/C44H32N2O6/c1-51-31-19-21-39-35(23-31)41(33-7-3-5-9-37(33)45(39)25-27-11-15-29(16-12-27)43(47)48)42-34-8-4-6-10-38(34)46(40-22-20-32(52-2)24-36(40)42)26-28-13-17-30(18-14-28)44(49)50/h3-24H,25-26H2,1-2H3/p+2. The summed E-state index contributed by atoms with van der Waals surface area (Å²) in [6.45, 7) is 1.04. The van der Waals surface area contributed by atoms with Crippen LogP contribution in [0.4, 0.5) is 0 Å². The highest BCUT2D eigenvalue weighted by Crippen LogP contribution is 2.43. The van der Waals surface area contributed by atoms with Gasteiger partial charge in [0.1, 0.15) is 11.5 Å². The van der Waals surface area contributed by atoms with Crippen LogP contribution < -0.4 is 18.6 Å². The number of carboxylic acid groups (broad SMARTS) is 2. The Balaban J connectivity index is 1.46. The number of pyridine rings is 2. The molecule has 8 heteroatoms. The third-order valence-corrected chi connectivity index (χ3v) is 9.79. The topological polar surface area (TPSA) is 101 Å². The number of hydrogen-bond acceptors (Lipinski definition) is 4. The number of rotatable bonds is 9. The molecule has 8 aromatic rings. The van der Waals surface area contributed by atoms with Crippen LogP contribution in [0.3, 0.4) is 0 Å². The van der Waals surface area contributed by atoms with Crippen molar-refractivity contribution in [2.75, 3.05) is 14.2 Å². The van der Waals surface area contributed by atoms with Crippen molar-refractivity contribution in [3.8, 4) is 22.6 Å². The molecule has 6 aromatic carbocycles. The Morgan fingerprint density at radius 2 is 0.846 bits per heavy atom. The predicted octanol–water partition coefficient (Wildman–Crippen LogP) is 8.05. The van der Waals surface area contributed by atoms with Crippen LogP contribution >= 0.6 is 0 Å². The number of hydrogen-bond donors (Lipinski definition) is 2. The Hall–Kier alpha value is -6.80. The Morgan fingerprint density at radius 1 is 0.481 bits per heavy atom. The van der Waals surface area contributed by atoms with E-state index in [0.717, 1.165) is 77.4 Å². The van der Waals surface area contributed by atoms with Crippen LogP contribution in [0.25, 0.3) is 54.7 Å². The van der Waals surface area contributed by atoms with Crippen molar-refractivity contribution in [2.24, 2.45) is 0 Å². The summed E-state index contributed by atoms with van der Waals surface area (Å²) < 4.78 is 16.2. The van der Waals surface area contributed by atoms with Crippen LogP contribution in [0, 0.1) is 0 Å². The van der Waals surface area contributed by atoms with Crippen LogP contribution in [-0.2, 0) is 13.1 Å². The van der Waals surface area contributed by atoms with Gasteiger partial charge in [-0.05, 0) is 60.7 Å². The first kappa shape index (κ1) is 32.4. The molecule has 0 unspecified atom stereocenters. The summed E-state index contributed by atoms with van der Waals surface area (Å²) in [5.74, 6) is -0.461. The summed E-state index contributed by atoms with van der Waals surface area (Å²) in [7, 11) is 3.34. The van der Waals surface area contributed by atoms with Crippen LogP contribution in [-0.4, -0.2) is 36.4 Å². The highest BCUT2D eigenvalue weighted by Gasteiger charge is 2.28. The predicted molar refractivity (Wildman–Crippen MR) is 200 cm³/mol. The number of para-hydroxylation sites is 2. The van der Waals surface area contributed by atoms with Gasteiger partial charge in [-0.3, -0.25) is 0 Å². The van der Waals surface area contributed by atoms with Crippen LogP contribution in [0.15, 0.2) is 133 Å². The lowest BCUT2D eigenvalue weighted by Gasteiger charge is -2.17. The highest BCUT2D eigenvalue weighted by molar-refractivity contribution is 6.19. The quantitative estimate of drug-likeness (QED) is 0.118. The average molecular weight is 687 g/mol. The minimum atomic E-state index is -0.956. The smallest absolute Gasteiger partial charge is 0.335 e. The van der Waals surface area contributed by atoms with Crippen molar-refractivity contribution in [1.29, 1.82) is 0 Å². The van der Waals surface area contributed by atoms with Crippen LogP contribution in [0.1, 0.15) is 31.8 Å². The second kappa shape index (κ2) is 13.2. The van der Waals surface area contributed by atoms with Crippen LogP contribution in [0.5, 0.6) is 11.5 Å². The van der Waals surface area contributed by atoms with E-state index in [-0.39, 0.29) is 11.1 Å². The molecular weight excluding hydrogens is 652 g/mol. The summed E-state index contributed by atoms with van der Waals surface area (Å²) in [5.41, 5.74) is 8.57. The maximum absolute atomic E-state index is 11.6. The zero-order chi connectivity index (χ0) is 35.9. The number of aromatic nitrogens is 2. The Bertz CT molecular complexity index is 2520. The maximum Gasteiger partial charge on any atom is 0.335 e. The number of nitrogens with zero attached hydrogens (tertiary/aromatic N) is 2. The van der Waals surface area contributed by atoms with Gasteiger partial charge in [0.2, 0.25) is 22.1 Å². The molecule has 8 rings (SSSR count). The molecule has 0 spiro atoms. The fraction of sp³-hybridized carbons (Fsp3) is 0.0909. The Morgan fingerprint density at radius 3 is 1.21 bits per heavy atom. The fourth-order valence-electron chi connectivity index (χ4n) is 7.30. The third-order valence-electron chi connectivity index (χ3n) is 9.79. The van der Waals surface area contributed by atoms with Crippen molar-refractivity contribution in [3.63, 3.8) is 0 Å². The normalized spacial score (nSPS) is 11.3. The Kier molecular flexibility index (Phi) is 8.20. The minimum Gasteiger partial charge on any atom is -0.497 e. The molecule has 8 nitrogen and oxygen atoms in total. The van der Waals surface area contributed by atoms with Gasteiger partial charge in [-0.2, -0.15) is 9.13 Å². The van der Waals surface area contributed by atoms with E-state index in [1.807, 2.05) is 48.5 Å². The molecule has 0 fully saturated rings. The van der Waals surface area contributed by atoms with Crippen molar-refractivity contribution in [2.45, 2.75) is 13.1 Å². The first-order valence-corrected chi connectivity index (χ1v) is 16.8. The van der Waals surface area contributed by atoms with Gasteiger partial charge < -0.3 is 19.7 Å². The molecule has 254 valence electrons. The molecule has 0 saturated carbocycles. The van der Waals surface area contributed by atoms with Gasteiger partial charge in [0.15, 0.2) is 13.1 Å². The molecule has 52 heavy (non-hydrogen) atoms. The molecule has 2 heterocycles. The van der Waals surface area contributed by atoms with Gasteiger partial charge >= 0.3 is 11.9 Å². The average Bonchev–Trinajstić information content (AvgIpc) is 3.18. The first-order chi connectivity index (χ1) is 25.3. The number of carboxylic acids is 2. The third kappa shape index (κ3) is 5.60. The second-order valence-corrected chi connectivity index (χ2v) is 12.7. The summed E-state index contributed by atoms with van der Waals surface area (Å²) in [6, 6.07) is 43.1. The van der Waals surface area contributed by atoms with E-state index in [1.165, 1.54) is 0 Å². The minimum absolute atomic E-state index is 0.247. The lowest BCUT2D eigenvalue weighted by Crippen LogP contribution is -2.37. The van der Waals surface area contributed by atoms with Gasteiger partial charge in [0, 0.05) is 46.5 Å². The maximum atomic E-state index is 11.6. The summed E-state index contributed by atoms with van der Waals surface area (Å²) in [5, 5.41) is 23.1. The molecule has 0 aliphatic carbocycles. The van der Waals surface area contributed by atoms with Gasteiger partial charge in [0.25, 0.3) is 0 Å². The molecular formula is C44H34N2O6+2. The van der Waals surface area contributed by atoms with E-state index >= 15 is 0 Å². The lowest BCUT2D eigenvalue weighted by molar-refractivity contribution is -0.636. The number of fused-ring (bicyclic) bond motifs is 4. The molecule has 0 saturated heterocycles. The molecule has 0 atom stereocenters. The number of aromatic carboxylic acids is 2. The molecule has 0 amide bonds. The number of benzene rings is 6.